The van der Waals surface area contributed by atoms with Crippen molar-refractivity contribution >= 4 is 19.9 Å². The van der Waals surface area contributed by atoms with Crippen LogP contribution in [0, 0.1) is 0 Å². The number of carbonyl (C=O) groups is 1. The molecule has 0 bridgehead atoms. The molecule has 4 heteroatoms. The molecule has 1 amide bonds. The van der Waals surface area contributed by atoms with Crippen LogP contribution in [-0.4, -0.2) is 25.4 Å². The van der Waals surface area contributed by atoms with Gasteiger partial charge in [-0.3, -0.25) is 4.79 Å². The second-order valence-corrected chi connectivity index (χ2v) is 1.07. The Hall–Kier alpha value is 0.820. The van der Waals surface area contributed by atoms with Gasteiger partial charge in [0.25, 0.3) is 0 Å². The number of hydrogen-bond donors (Lipinski definition) is 0. The fourth-order valence-electron chi connectivity index (χ4n) is 0. The maximum Gasteiger partial charge on any atom is 1.00 e. The van der Waals surface area contributed by atoms with Gasteiger partial charge in [0.15, 0.2) is 0 Å². The molecule has 0 aliphatic heterocycles. The Morgan fingerprint density at radius 2 is 1.71 bits per heavy atom. The van der Waals surface area contributed by atoms with Crippen LogP contribution >= 0.6 is 13.5 Å². The van der Waals surface area contributed by atoms with Crippen LogP contribution in [0.15, 0.2) is 0 Å². The van der Waals surface area contributed by atoms with Gasteiger partial charge >= 0.3 is 29.6 Å². The molecule has 0 aliphatic rings. The van der Waals surface area contributed by atoms with E-state index in [1.54, 1.807) is 14.1 Å². The summed E-state index contributed by atoms with van der Waals surface area (Å²) in [7, 11) is 3.38. The van der Waals surface area contributed by atoms with Crippen LogP contribution in [0.3, 0.4) is 0 Å². The summed E-state index contributed by atoms with van der Waals surface area (Å²) in [6.45, 7) is 0. The standard InChI is InChI=1S/C3H7NO.Na.H2S.H/c1-4(2)3-5;;;/h3H,1-2H3;;1H2;/q;+1;;-1. The van der Waals surface area contributed by atoms with Crippen LogP contribution < -0.4 is 29.6 Å². The SMILES string of the molecule is CN(C)C=O.S.[H-].[Na+]. The van der Waals surface area contributed by atoms with E-state index in [2.05, 4.69) is 0 Å². The molecular formula is C3H10NNaOS. The molecule has 0 atom stereocenters. The molecular weight excluding hydrogens is 121 g/mol. The first-order valence-electron chi connectivity index (χ1n) is 1.39. The summed E-state index contributed by atoms with van der Waals surface area (Å²) in [4.78, 5) is 10.9. The van der Waals surface area contributed by atoms with Gasteiger partial charge in [-0.1, -0.05) is 0 Å². The molecule has 0 aromatic carbocycles. The average Bonchev–Trinajstić information content (AvgIpc) is 1.38. The predicted molar refractivity (Wildman–Crippen MR) is 31.2 cm³/mol. The van der Waals surface area contributed by atoms with E-state index in [1.807, 2.05) is 0 Å². The van der Waals surface area contributed by atoms with Crippen LogP contribution in [0.2, 0.25) is 0 Å². The first kappa shape index (κ1) is 15.7. The topological polar surface area (TPSA) is 20.3 Å². The summed E-state index contributed by atoms with van der Waals surface area (Å²) >= 11 is 0. The third kappa shape index (κ3) is 19.9. The smallest absolute Gasteiger partial charge is 1.00 e. The fraction of sp³-hybridized carbons (Fsp3) is 0.667. The third-order valence-electron chi connectivity index (χ3n) is 0.211. The number of rotatable bonds is 1. The second-order valence-electron chi connectivity index (χ2n) is 1.07. The van der Waals surface area contributed by atoms with E-state index < -0.39 is 0 Å². The Labute approximate surface area is 74.5 Å². The molecule has 0 unspecified atom stereocenters. The van der Waals surface area contributed by atoms with E-state index in [0.29, 0.717) is 0 Å². The van der Waals surface area contributed by atoms with Crippen molar-refractivity contribution in [2.45, 2.75) is 0 Å². The van der Waals surface area contributed by atoms with E-state index in [4.69, 9.17) is 0 Å². The number of carbonyl (C=O) groups excluding carboxylic acids is 1. The molecule has 0 radical (unpaired) electrons. The summed E-state index contributed by atoms with van der Waals surface area (Å²) in [5, 5.41) is 0. The zero-order valence-corrected chi connectivity index (χ0v) is 7.93. The van der Waals surface area contributed by atoms with Gasteiger partial charge in [-0.2, -0.15) is 13.5 Å². The summed E-state index contributed by atoms with van der Waals surface area (Å²) < 4.78 is 0. The van der Waals surface area contributed by atoms with Gasteiger partial charge in [-0.05, 0) is 0 Å². The van der Waals surface area contributed by atoms with Crippen molar-refractivity contribution in [3.8, 4) is 0 Å². The monoisotopic (exact) mass is 131 g/mol. The normalized spacial score (nSPS) is 4.86. The van der Waals surface area contributed by atoms with Crippen LogP contribution in [-0.2, 0) is 4.79 Å². The molecule has 0 aromatic rings. The first-order chi connectivity index (χ1) is 2.27. The summed E-state index contributed by atoms with van der Waals surface area (Å²) in [5.74, 6) is 0. The summed E-state index contributed by atoms with van der Waals surface area (Å²) in [6, 6.07) is 0. The molecule has 0 aromatic heterocycles. The average molecular weight is 131 g/mol. The first-order valence-corrected chi connectivity index (χ1v) is 1.39. The number of hydrogen-bond acceptors (Lipinski definition) is 1. The van der Waals surface area contributed by atoms with Crippen molar-refractivity contribution in [2.24, 2.45) is 0 Å². The van der Waals surface area contributed by atoms with E-state index >= 15 is 0 Å². The minimum absolute atomic E-state index is 0. The van der Waals surface area contributed by atoms with Gasteiger partial charge < -0.3 is 6.33 Å². The van der Waals surface area contributed by atoms with Crippen LogP contribution in [0.5, 0.6) is 0 Å². The molecule has 0 saturated heterocycles. The molecule has 40 valence electrons. The van der Waals surface area contributed by atoms with Crippen LogP contribution in [0.1, 0.15) is 1.43 Å². The molecule has 2 nitrogen and oxygen atoms in total. The van der Waals surface area contributed by atoms with Gasteiger partial charge in [0.1, 0.15) is 0 Å². The van der Waals surface area contributed by atoms with Gasteiger partial charge in [0.05, 0.1) is 0 Å². The molecule has 0 rings (SSSR count). The Morgan fingerprint density at radius 3 is 1.71 bits per heavy atom. The largest absolute Gasteiger partial charge is 1.00 e. The van der Waals surface area contributed by atoms with Crippen molar-refractivity contribution in [1.29, 1.82) is 0 Å². The third-order valence-corrected chi connectivity index (χ3v) is 0.211. The molecule has 0 aliphatic carbocycles. The zero-order valence-electron chi connectivity index (χ0n) is 5.93. The Balaban J connectivity index is -0.0000000267. The van der Waals surface area contributed by atoms with E-state index in [0.717, 1.165) is 6.41 Å². The van der Waals surface area contributed by atoms with Crippen LogP contribution in [0.25, 0.3) is 0 Å². The van der Waals surface area contributed by atoms with Crippen LogP contribution in [0.4, 0.5) is 0 Å². The van der Waals surface area contributed by atoms with Crippen molar-refractivity contribution in [3.63, 3.8) is 0 Å². The Bertz CT molecular complexity index is 46.3. The maximum absolute atomic E-state index is 9.43. The molecule has 0 N–H and O–H groups in total. The van der Waals surface area contributed by atoms with E-state index in [1.165, 1.54) is 4.90 Å². The molecule has 0 saturated carbocycles. The molecule has 0 spiro atoms. The number of amides is 1. The Morgan fingerprint density at radius 1 is 1.57 bits per heavy atom. The maximum atomic E-state index is 9.43. The summed E-state index contributed by atoms with van der Waals surface area (Å²) in [6.07, 6.45) is 0.750. The molecule has 7 heavy (non-hydrogen) atoms. The van der Waals surface area contributed by atoms with Crippen molar-refractivity contribution in [2.75, 3.05) is 14.1 Å². The Kier molecular flexibility index (Phi) is 22.2. The molecule has 0 heterocycles. The number of nitrogens with zero attached hydrogens (tertiary/aromatic N) is 1. The van der Waals surface area contributed by atoms with Crippen molar-refractivity contribution in [1.82, 2.24) is 4.90 Å². The quantitative estimate of drug-likeness (QED) is 0.273. The van der Waals surface area contributed by atoms with Crippen molar-refractivity contribution < 1.29 is 35.8 Å². The van der Waals surface area contributed by atoms with Crippen molar-refractivity contribution in [3.05, 3.63) is 0 Å². The van der Waals surface area contributed by atoms with Gasteiger partial charge in [-0.15, -0.1) is 0 Å². The van der Waals surface area contributed by atoms with E-state index in [-0.39, 0.29) is 44.5 Å². The zero-order chi connectivity index (χ0) is 4.28. The summed E-state index contributed by atoms with van der Waals surface area (Å²) in [5.41, 5.74) is 0. The minimum Gasteiger partial charge on any atom is -1.00 e. The second kappa shape index (κ2) is 9.94. The van der Waals surface area contributed by atoms with Gasteiger partial charge in [0.2, 0.25) is 6.41 Å². The predicted octanol–water partition coefficient (Wildman–Crippen LogP) is -3.07. The molecule has 0 fully saturated rings. The van der Waals surface area contributed by atoms with Gasteiger partial charge in [0, 0.05) is 14.1 Å². The minimum atomic E-state index is 0. The van der Waals surface area contributed by atoms with E-state index in [9.17, 15) is 4.79 Å². The fourth-order valence-corrected chi connectivity index (χ4v) is 0. The van der Waals surface area contributed by atoms with Gasteiger partial charge in [-0.25, -0.2) is 0 Å².